The van der Waals surface area contributed by atoms with E-state index in [1.54, 1.807) is 6.33 Å². The Labute approximate surface area is 83.4 Å². The summed E-state index contributed by atoms with van der Waals surface area (Å²) in [5, 5.41) is 16.8. The maximum absolute atomic E-state index is 9.06. The zero-order chi connectivity index (χ0) is 9.97. The highest BCUT2D eigenvalue weighted by Crippen LogP contribution is 2.22. The van der Waals surface area contributed by atoms with E-state index in [2.05, 4.69) is 22.1 Å². The molecule has 78 valence electrons. The van der Waals surface area contributed by atoms with Crippen molar-refractivity contribution in [3.63, 3.8) is 0 Å². The van der Waals surface area contributed by atoms with Gasteiger partial charge in [0.25, 0.3) is 0 Å². The molecule has 0 aliphatic carbocycles. The van der Waals surface area contributed by atoms with Crippen molar-refractivity contribution in [2.24, 2.45) is 0 Å². The third-order valence-corrected chi connectivity index (χ3v) is 2.87. The van der Waals surface area contributed by atoms with Gasteiger partial charge < -0.3 is 14.6 Å². The van der Waals surface area contributed by atoms with Crippen LogP contribution in [0.5, 0.6) is 0 Å². The Morgan fingerprint density at radius 3 is 2.86 bits per heavy atom. The number of piperidine rings is 1. The molecule has 1 saturated heterocycles. The van der Waals surface area contributed by atoms with Gasteiger partial charge in [-0.1, -0.05) is 0 Å². The summed E-state index contributed by atoms with van der Waals surface area (Å²) in [7, 11) is 2.13. The number of aliphatic hydroxyl groups excluding tert-OH is 1. The van der Waals surface area contributed by atoms with Crippen molar-refractivity contribution >= 4 is 0 Å². The van der Waals surface area contributed by atoms with Crippen molar-refractivity contribution < 1.29 is 5.11 Å². The fourth-order valence-corrected chi connectivity index (χ4v) is 1.96. The van der Waals surface area contributed by atoms with Crippen molar-refractivity contribution in [3.8, 4) is 0 Å². The largest absolute Gasteiger partial charge is 0.388 e. The lowest BCUT2D eigenvalue weighted by atomic mass is 10.1. The Morgan fingerprint density at radius 1 is 1.50 bits per heavy atom. The topological polar surface area (TPSA) is 54.2 Å². The third-order valence-electron chi connectivity index (χ3n) is 2.87. The number of likely N-dealkylation sites (tertiary alicyclic amines) is 1. The first-order valence-corrected chi connectivity index (χ1v) is 4.99. The minimum absolute atomic E-state index is 0.0215. The summed E-state index contributed by atoms with van der Waals surface area (Å²) < 4.78 is 2.01. The van der Waals surface area contributed by atoms with Crippen LogP contribution in [0.3, 0.4) is 0 Å². The van der Waals surface area contributed by atoms with E-state index in [-0.39, 0.29) is 6.61 Å². The molecule has 5 nitrogen and oxygen atoms in total. The minimum Gasteiger partial charge on any atom is -0.388 e. The summed E-state index contributed by atoms with van der Waals surface area (Å²) in [4.78, 5) is 2.32. The van der Waals surface area contributed by atoms with Crippen molar-refractivity contribution in [1.82, 2.24) is 19.7 Å². The predicted octanol–water partition coefficient (Wildman–Crippen LogP) is 0.0371. The quantitative estimate of drug-likeness (QED) is 0.725. The number of hydrogen-bond donors (Lipinski definition) is 1. The van der Waals surface area contributed by atoms with E-state index >= 15 is 0 Å². The van der Waals surface area contributed by atoms with Crippen molar-refractivity contribution in [3.05, 3.63) is 12.2 Å². The average Bonchev–Trinajstić information content (AvgIpc) is 2.67. The molecule has 2 rings (SSSR count). The number of hydrogen-bond acceptors (Lipinski definition) is 4. The van der Waals surface area contributed by atoms with Crippen LogP contribution in [0.2, 0.25) is 0 Å². The Kier molecular flexibility index (Phi) is 2.79. The molecule has 0 saturated carbocycles. The molecule has 1 fully saturated rings. The van der Waals surface area contributed by atoms with E-state index in [1.165, 1.54) is 0 Å². The Hall–Kier alpha value is -0.940. The minimum atomic E-state index is -0.0215. The predicted molar refractivity (Wildman–Crippen MR) is 51.7 cm³/mol. The van der Waals surface area contributed by atoms with Gasteiger partial charge in [-0.2, -0.15) is 0 Å². The van der Waals surface area contributed by atoms with Crippen LogP contribution in [-0.4, -0.2) is 44.9 Å². The third kappa shape index (κ3) is 1.78. The second kappa shape index (κ2) is 4.06. The first-order valence-electron chi connectivity index (χ1n) is 4.99. The Balaban J connectivity index is 2.08. The Bertz CT molecular complexity index is 291. The lowest BCUT2D eigenvalue weighted by molar-refractivity contribution is 0.206. The number of aliphatic hydroxyl groups is 1. The van der Waals surface area contributed by atoms with Crippen molar-refractivity contribution in [1.29, 1.82) is 0 Å². The van der Waals surface area contributed by atoms with Gasteiger partial charge in [-0.15, -0.1) is 10.2 Å². The van der Waals surface area contributed by atoms with Crippen LogP contribution in [0, 0.1) is 0 Å². The second-order valence-corrected chi connectivity index (χ2v) is 3.85. The van der Waals surface area contributed by atoms with E-state index in [0.29, 0.717) is 11.9 Å². The van der Waals surface area contributed by atoms with E-state index in [9.17, 15) is 0 Å². The fourth-order valence-electron chi connectivity index (χ4n) is 1.96. The smallest absolute Gasteiger partial charge is 0.158 e. The van der Waals surface area contributed by atoms with E-state index in [1.807, 2.05) is 4.57 Å². The van der Waals surface area contributed by atoms with E-state index in [0.717, 1.165) is 25.9 Å². The number of nitrogens with zero attached hydrogens (tertiary/aromatic N) is 4. The molecule has 0 bridgehead atoms. The molecule has 0 unspecified atom stereocenters. The van der Waals surface area contributed by atoms with E-state index in [4.69, 9.17) is 5.11 Å². The normalized spacial score (nSPS) is 20.1. The second-order valence-electron chi connectivity index (χ2n) is 3.85. The van der Waals surface area contributed by atoms with Crippen LogP contribution in [0.1, 0.15) is 24.7 Å². The maximum Gasteiger partial charge on any atom is 0.158 e. The zero-order valence-corrected chi connectivity index (χ0v) is 8.43. The monoisotopic (exact) mass is 196 g/mol. The van der Waals surface area contributed by atoms with Gasteiger partial charge in [0.05, 0.1) is 0 Å². The average molecular weight is 196 g/mol. The molecule has 1 aliphatic heterocycles. The highest BCUT2D eigenvalue weighted by Gasteiger charge is 2.20. The van der Waals surface area contributed by atoms with Crippen LogP contribution in [0.4, 0.5) is 0 Å². The summed E-state index contributed by atoms with van der Waals surface area (Å²) in [5.74, 6) is 0.680. The van der Waals surface area contributed by atoms with Gasteiger partial charge in [0.1, 0.15) is 12.9 Å². The summed E-state index contributed by atoms with van der Waals surface area (Å²) in [6.07, 6.45) is 3.95. The fraction of sp³-hybridized carbons (Fsp3) is 0.778. The molecule has 5 heteroatoms. The van der Waals surface area contributed by atoms with Gasteiger partial charge in [-0.3, -0.25) is 0 Å². The molecule has 1 aliphatic rings. The van der Waals surface area contributed by atoms with Crippen molar-refractivity contribution in [2.75, 3.05) is 20.1 Å². The first kappa shape index (κ1) is 9.61. The number of aromatic nitrogens is 3. The molecule has 1 N–H and O–H groups in total. The SMILES string of the molecule is CN1CCC(n2cnnc2CO)CC1. The van der Waals surface area contributed by atoms with Crippen LogP contribution in [0.15, 0.2) is 6.33 Å². The molecular formula is C9H16N4O. The molecule has 1 aromatic heterocycles. The van der Waals surface area contributed by atoms with Crippen LogP contribution in [-0.2, 0) is 6.61 Å². The van der Waals surface area contributed by atoms with Gasteiger partial charge in [0, 0.05) is 6.04 Å². The number of rotatable bonds is 2. The van der Waals surface area contributed by atoms with Gasteiger partial charge in [0.2, 0.25) is 0 Å². The van der Waals surface area contributed by atoms with Gasteiger partial charge in [-0.05, 0) is 33.0 Å². The molecular weight excluding hydrogens is 180 g/mol. The lowest BCUT2D eigenvalue weighted by Gasteiger charge is -2.30. The van der Waals surface area contributed by atoms with Crippen molar-refractivity contribution in [2.45, 2.75) is 25.5 Å². The lowest BCUT2D eigenvalue weighted by Crippen LogP contribution is -2.31. The molecule has 14 heavy (non-hydrogen) atoms. The standard InChI is InChI=1S/C9H16N4O/c1-12-4-2-8(3-5-12)13-7-10-11-9(13)6-14/h7-8,14H,2-6H2,1H3. The van der Waals surface area contributed by atoms with Gasteiger partial charge in [-0.25, -0.2) is 0 Å². The molecule has 0 radical (unpaired) electrons. The van der Waals surface area contributed by atoms with Crippen LogP contribution >= 0.6 is 0 Å². The van der Waals surface area contributed by atoms with E-state index < -0.39 is 0 Å². The zero-order valence-electron chi connectivity index (χ0n) is 8.43. The van der Waals surface area contributed by atoms with Gasteiger partial charge in [0.15, 0.2) is 5.82 Å². The van der Waals surface area contributed by atoms with Gasteiger partial charge >= 0.3 is 0 Å². The highest BCUT2D eigenvalue weighted by molar-refractivity contribution is 4.89. The highest BCUT2D eigenvalue weighted by atomic mass is 16.3. The molecule has 0 atom stereocenters. The first-order chi connectivity index (χ1) is 6.81. The molecule has 2 heterocycles. The summed E-state index contributed by atoms with van der Waals surface area (Å²) in [6.45, 7) is 2.19. The van der Waals surface area contributed by atoms with Crippen LogP contribution in [0.25, 0.3) is 0 Å². The summed E-state index contributed by atoms with van der Waals surface area (Å²) >= 11 is 0. The van der Waals surface area contributed by atoms with Crippen LogP contribution < -0.4 is 0 Å². The maximum atomic E-state index is 9.06. The molecule has 0 amide bonds. The molecule has 1 aromatic rings. The summed E-state index contributed by atoms with van der Waals surface area (Å²) in [5.41, 5.74) is 0. The Morgan fingerprint density at radius 2 is 2.21 bits per heavy atom. The molecule has 0 spiro atoms. The summed E-state index contributed by atoms with van der Waals surface area (Å²) in [6, 6.07) is 0.461. The molecule has 0 aromatic carbocycles.